The fourth-order valence-electron chi connectivity index (χ4n) is 1.45. The van der Waals surface area contributed by atoms with Crippen molar-refractivity contribution < 1.29 is 4.39 Å². The Hall–Kier alpha value is -0.830. The number of rotatable bonds is 1. The Kier molecular flexibility index (Phi) is 3.57. The van der Waals surface area contributed by atoms with Crippen LogP contribution in [0.3, 0.4) is 0 Å². The number of benzene rings is 1. The van der Waals surface area contributed by atoms with Gasteiger partial charge < -0.3 is 0 Å². The molecule has 0 amide bonds. The van der Waals surface area contributed by atoms with Crippen LogP contribution in [-0.2, 0) is 0 Å². The molecule has 0 aliphatic rings. The van der Waals surface area contributed by atoms with Crippen LogP contribution in [0.2, 0.25) is 15.2 Å². The van der Waals surface area contributed by atoms with Gasteiger partial charge in [-0.15, -0.1) is 0 Å². The van der Waals surface area contributed by atoms with Crippen LogP contribution in [0.25, 0.3) is 11.3 Å². The molecule has 2 rings (SSSR count). The predicted molar refractivity (Wildman–Crippen MR) is 69.4 cm³/mol. The van der Waals surface area contributed by atoms with Crippen molar-refractivity contribution in [2.75, 3.05) is 0 Å². The van der Waals surface area contributed by atoms with Crippen molar-refractivity contribution in [1.29, 1.82) is 0 Å². The molecule has 0 radical (unpaired) electrons. The molecule has 1 heterocycles. The molecule has 1 nitrogen and oxygen atoms in total. The van der Waals surface area contributed by atoms with Gasteiger partial charge in [0, 0.05) is 5.56 Å². The second kappa shape index (κ2) is 4.81. The van der Waals surface area contributed by atoms with Crippen LogP contribution < -0.4 is 0 Å². The second-order valence-corrected chi connectivity index (χ2v) is 4.75. The van der Waals surface area contributed by atoms with Crippen LogP contribution in [-0.4, -0.2) is 4.98 Å². The zero-order valence-electron chi connectivity index (χ0n) is 8.77. The SMILES string of the molecule is Cc1ccc(F)c(-c2nc(Cl)c(Cl)cc2Cl)c1. The highest BCUT2D eigenvalue weighted by molar-refractivity contribution is 6.42. The number of nitrogens with zero attached hydrogens (tertiary/aromatic N) is 1. The fraction of sp³-hybridized carbons (Fsp3) is 0.0833. The van der Waals surface area contributed by atoms with E-state index in [2.05, 4.69) is 4.98 Å². The second-order valence-electron chi connectivity index (χ2n) is 3.57. The molecule has 0 bridgehead atoms. The van der Waals surface area contributed by atoms with E-state index < -0.39 is 5.82 Å². The van der Waals surface area contributed by atoms with Gasteiger partial charge in [-0.3, -0.25) is 0 Å². The van der Waals surface area contributed by atoms with Crippen molar-refractivity contribution in [3.05, 3.63) is 50.8 Å². The highest BCUT2D eigenvalue weighted by Gasteiger charge is 2.13. The lowest BCUT2D eigenvalue weighted by Gasteiger charge is -2.07. The van der Waals surface area contributed by atoms with Gasteiger partial charge in [0.05, 0.1) is 15.7 Å². The van der Waals surface area contributed by atoms with E-state index in [1.165, 1.54) is 12.1 Å². The molecular formula is C12H7Cl3FN. The number of pyridine rings is 1. The van der Waals surface area contributed by atoms with Crippen LogP contribution in [0.15, 0.2) is 24.3 Å². The molecule has 0 atom stereocenters. The molecule has 0 saturated heterocycles. The normalized spacial score (nSPS) is 10.6. The van der Waals surface area contributed by atoms with Crippen LogP contribution in [0, 0.1) is 12.7 Å². The zero-order chi connectivity index (χ0) is 12.6. The summed E-state index contributed by atoms with van der Waals surface area (Å²) >= 11 is 17.6. The molecule has 0 N–H and O–H groups in total. The van der Waals surface area contributed by atoms with Gasteiger partial charge in [-0.25, -0.2) is 9.37 Å². The highest BCUT2D eigenvalue weighted by atomic mass is 35.5. The lowest BCUT2D eigenvalue weighted by molar-refractivity contribution is 0.630. The maximum Gasteiger partial charge on any atom is 0.148 e. The minimum Gasteiger partial charge on any atom is -0.233 e. The summed E-state index contributed by atoms with van der Waals surface area (Å²) in [7, 11) is 0. The minimum atomic E-state index is -0.400. The Labute approximate surface area is 113 Å². The summed E-state index contributed by atoms with van der Waals surface area (Å²) in [5.41, 5.74) is 1.51. The van der Waals surface area contributed by atoms with E-state index in [1.54, 1.807) is 12.1 Å². The van der Waals surface area contributed by atoms with Gasteiger partial charge in [-0.05, 0) is 25.1 Å². The third kappa shape index (κ3) is 2.54. The Morgan fingerprint density at radius 2 is 1.76 bits per heavy atom. The average Bonchev–Trinajstić information content (AvgIpc) is 2.27. The van der Waals surface area contributed by atoms with Crippen molar-refractivity contribution >= 4 is 34.8 Å². The summed E-state index contributed by atoms with van der Waals surface area (Å²) in [5.74, 6) is -0.400. The third-order valence-electron chi connectivity index (χ3n) is 2.26. The molecule has 17 heavy (non-hydrogen) atoms. The molecule has 0 aliphatic heterocycles. The first-order valence-electron chi connectivity index (χ1n) is 4.77. The van der Waals surface area contributed by atoms with Crippen LogP contribution in [0.4, 0.5) is 4.39 Å². The van der Waals surface area contributed by atoms with Crippen LogP contribution in [0.1, 0.15) is 5.56 Å². The van der Waals surface area contributed by atoms with E-state index in [-0.39, 0.29) is 15.2 Å². The van der Waals surface area contributed by atoms with Gasteiger partial charge in [-0.2, -0.15) is 0 Å². The van der Waals surface area contributed by atoms with E-state index >= 15 is 0 Å². The van der Waals surface area contributed by atoms with Crippen molar-refractivity contribution in [3.8, 4) is 11.3 Å². The first-order chi connectivity index (χ1) is 7.99. The van der Waals surface area contributed by atoms with Gasteiger partial charge in [0.15, 0.2) is 0 Å². The smallest absolute Gasteiger partial charge is 0.148 e. The first-order valence-corrected chi connectivity index (χ1v) is 5.90. The standard InChI is InChI=1S/C12H7Cl3FN/c1-6-2-3-10(16)7(4-6)11-8(13)5-9(14)12(15)17-11/h2-5H,1H3. The van der Waals surface area contributed by atoms with Crippen LogP contribution in [0.5, 0.6) is 0 Å². The molecule has 0 spiro atoms. The number of halogens is 4. The summed E-state index contributed by atoms with van der Waals surface area (Å²) in [4.78, 5) is 4.01. The van der Waals surface area contributed by atoms with E-state index in [0.29, 0.717) is 11.3 Å². The number of aryl methyl sites for hydroxylation is 1. The topological polar surface area (TPSA) is 12.9 Å². The van der Waals surface area contributed by atoms with Crippen LogP contribution >= 0.6 is 34.8 Å². The van der Waals surface area contributed by atoms with E-state index in [1.807, 2.05) is 6.92 Å². The van der Waals surface area contributed by atoms with Gasteiger partial charge in [0.1, 0.15) is 11.0 Å². The highest BCUT2D eigenvalue weighted by Crippen LogP contribution is 2.33. The number of aromatic nitrogens is 1. The molecule has 2 aromatic rings. The Morgan fingerprint density at radius 1 is 1.06 bits per heavy atom. The molecule has 5 heteroatoms. The van der Waals surface area contributed by atoms with Crippen molar-refractivity contribution in [3.63, 3.8) is 0 Å². The molecule has 1 aromatic heterocycles. The summed E-state index contributed by atoms with van der Waals surface area (Å²) in [6.07, 6.45) is 0. The summed E-state index contributed by atoms with van der Waals surface area (Å²) in [6, 6.07) is 6.15. The molecule has 0 saturated carbocycles. The molecule has 0 aliphatic carbocycles. The average molecular weight is 291 g/mol. The Morgan fingerprint density at radius 3 is 2.47 bits per heavy atom. The van der Waals surface area contributed by atoms with Gasteiger partial charge in [-0.1, -0.05) is 46.4 Å². The number of hydrogen-bond acceptors (Lipinski definition) is 1. The fourth-order valence-corrected chi connectivity index (χ4v) is 2.05. The molecule has 0 unspecified atom stereocenters. The van der Waals surface area contributed by atoms with E-state index in [4.69, 9.17) is 34.8 Å². The Balaban J connectivity index is 2.68. The summed E-state index contributed by atoms with van der Waals surface area (Å²) in [6.45, 7) is 1.86. The summed E-state index contributed by atoms with van der Waals surface area (Å²) in [5, 5.41) is 0.615. The lowest BCUT2D eigenvalue weighted by Crippen LogP contribution is -1.91. The van der Waals surface area contributed by atoms with Crippen molar-refractivity contribution in [2.24, 2.45) is 0 Å². The van der Waals surface area contributed by atoms with E-state index in [9.17, 15) is 4.39 Å². The minimum absolute atomic E-state index is 0.104. The van der Waals surface area contributed by atoms with E-state index in [0.717, 1.165) is 5.56 Å². The maximum absolute atomic E-state index is 13.7. The largest absolute Gasteiger partial charge is 0.233 e. The van der Waals surface area contributed by atoms with Gasteiger partial charge in [0.25, 0.3) is 0 Å². The summed E-state index contributed by atoms with van der Waals surface area (Å²) < 4.78 is 13.7. The maximum atomic E-state index is 13.7. The molecule has 88 valence electrons. The van der Waals surface area contributed by atoms with Gasteiger partial charge in [0.2, 0.25) is 0 Å². The monoisotopic (exact) mass is 289 g/mol. The van der Waals surface area contributed by atoms with Crippen molar-refractivity contribution in [2.45, 2.75) is 6.92 Å². The first kappa shape index (κ1) is 12.6. The quantitative estimate of drug-likeness (QED) is 0.661. The third-order valence-corrected chi connectivity index (χ3v) is 3.22. The lowest BCUT2D eigenvalue weighted by atomic mass is 10.1. The predicted octanol–water partition coefficient (Wildman–Crippen LogP) is 5.16. The molecule has 1 aromatic carbocycles. The Bertz CT molecular complexity index is 584. The molecular weight excluding hydrogens is 283 g/mol. The zero-order valence-corrected chi connectivity index (χ0v) is 11.0. The van der Waals surface area contributed by atoms with Gasteiger partial charge >= 0.3 is 0 Å². The molecule has 0 fully saturated rings. The number of hydrogen-bond donors (Lipinski definition) is 0. The van der Waals surface area contributed by atoms with Crippen molar-refractivity contribution in [1.82, 2.24) is 4.98 Å².